The lowest BCUT2D eigenvalue weighted by molar-refractivity contribution is 0.0785. The van der Waals surface area contributed by atoms with E-state index in [9.17, 15) is 9.00 Å². The van der Waals surface area contributed by atoms with Crippen LogP contribution in [0.4, 0.5) is 0 Å². The summed E-state index contributed by atoms with van der Waals surface area (Å²) in [6.07, 6.45) is 1.61. The fourth-order valence-electron chi connectivity index (χ4n) is 2.33. The van der Waals surface area contributed by atoms with E-state index in [4.69, 9.17) is 9.47 Å². The molecular formula is C18H21NO4S. The van der Waals surface area contributed by atoms with E-state index in [1.807, 2.05) is 18.2 Å². The molecule has 0 aromatic heterocycles. The zero-order chi connectivity index (χ0) is 17.7. The van der Waals surface area contributed by atoms with E-state index in [0.717, 1.165) is 5.56 Å². The molecule has 1 amide bonds. The Bertz CT molecular complexity index is 743. The first-order valence-corrected chi connectivity index (χ1v) is 8.92. The molecule has 1 unspecified atom stereocenters. The van der Waals surface area contributed by atoms with Gasteiger partial charge >= 0.3 is 0 Å². The van der Waals surface area contributed by atoms with Crippen LogP contribution in [0, 0.1) is 0 Å². The molecule has 2 aromatic carbocycles. The normalized spacial score (nSPS) is 11.7. The van der Waals surface area contributed by atoms with Crippen LogP contribution in [0.3, 0.4) is 0 Å². The molecule has 1 atom stereocenters. The largest absolute Gasteiger partial charge is 0.493 e. The van der Waals surface area contributed by atoms with Crippen molar-refractivity contribution < 1.29 is 18.5 Å². The van der Waals surface area contributed by atoms with E-state index in [1.165, 1.54) is 0 Å². The smallest absolute Gasteiger partial charge is 0.253 e. The van der Waals surface area contributed by atoms with Crippen LogP contribution in [-0.4, -0.2) is 42.5 Å². The molecule has 2 rings (SSSR count). The van der Waals surface area contributed by atoms with Gasteiger partial charge in [0.1, 0.15) is 0 Å². The van der Waals surface area contributed by atoms with Gasteiger partial charge in [-0.2, -0.15) is 0 Å². The highest BCUT2D eigenvalue weighted by Gasteiger charge is 2.13. The van der Waals surface area contributed by atoms with Crippen molar-refractivity contribution >= 4 is 16.7 Å². The number of carbonyl (C=O) groups is 1. The van der Waals surface area contributed by atoms with Gasteiger partial charge in [0, 0.05) is 41.1 Å². The quantitative estimate of drug-likeness (QED) is 0.806. The lowest BCUT2D eigenvalue weighted by Gasteiger charge is -2.18. The third kappa shape index (κ3) is 4.14. The van der Waals surface area contributed by atoms with Gasteiger partial charge in [0.05, 0.1) is 14.2 Å². The van der Waals surface area contributed by atoms with Gasteiger partial charge in [0.2, 0.25) is 0 Å². The third-order valence-corrected chi connectivity index (χ3v) is 4.58. The molecule has 0 aliphatic rings. The second-order valence-electron chi connectivity index (χ2n) is 5.33. The zero-order valence-electron chi connectivity index (χ0n) is 14.2. The van der Waals surface area contributed by atoms with Crippen molar-refractivity contribution in [1.82, 2.24) is 4.90 Å². The van der Waals surface area contributed by atoms with Gasteiger partial charge < -0.3 is 14.4 Å². The summed E-state index contributed by atoms with van der Waals surface area (Å²) in [6.45, 7) is 0.445. The average Bonchev–Trinajstić information content (AvgIpc) is 2.60. The number of hydrogen-bond acceptors (Lipinski definition) is 4. The minimum Gasteiger partial charge on any atom is -0.493 e. The molecular weight excluding hydrogens is 326 g/mol. The Morgan fingerprint density at radius 3 is 2.21 bits per heavy atom. The SMILES string of the molecule is COc1ccc(CN(C)C(=O)c2ccc(S(C)=O)cc2)cc1OC. The van der Waals surface area contributed by atoms with Crippen molar-refractivity contribution in [1.29, 1.82) is 0 Å². The van der Waals surface area contributed by atoms with Gasteiger partial charge in [-0.25, -0.2) is 0 Å². The summed E-state index contributed by atoms with van der Waals surface area (Å²) >= 11 is 0. The van der Waals surface area contributed by atoms with Crippen LogP contribution in [0.1, 0.15) is 15.9 Å². The van der Waals surface area contributed by atoms with Gasteiger partial charge in [-0.1, -0.05) is 6.07 Å². The average molecular weight is 347 g/mol. The molecule has 0 heterocycles. The Balaban J connectivity index is 2.12. The fraction of sp³-hybridized carbons (Fsp3) is 0.278. The van der Waals surface area contributed by atoms with Gasteiger partial charge in [0.15, 0.2) is 11.5 Å². The van der Waals surface area contributed by atoms with Gasteiger partial charge in [-0.15, -0.1) is 0 Å². The Morgan fingerprint density at radius 1 is 1.04 bits per heavy atom. The molecule has 2 aromatic rings. The number of nitrogens with zero attached hydrogens (tertiary/aromatic N) is 1. The van der Waals surface area contributed by atoms with Crippen molar-refractivity contribution in [3.63, 3.8) is 0 Å². The minimum absolute atomic E-state index is 0.0989. The van der Waals surface area contributed by atoms with E-state index in [2.05, 4.69) is 0 Å². The monoisotopic (exact) mass is 347 g/mol. The Labute approximate surface area is 144 Å². The Kier molecular flexibility index (Phi) is 5.98. The third-order valence-electron chi connectivity index (χ3n) is 3.65. The number of ether oxygens (including phenoxy) is 2. The molecule has 128 valence electrons. The van der Waals surface area contributed by atoms with Crippen LogP contribution < -0.4 is 9.47 Å². The molecule has 6 heteroatoms. The molecule has 0 fully saturated rings. The molecule has 0 aliphatic heterocycles. The fourth-order valence-corrected chi connectivity index (χ4v) is 2.85. The summed E-state index contributed by atoms with van der Waals surface area (Å²) in [6, 6.07) is 12.4. The van der Waals surface area contributed by atoms with Gasteiger partial charge in [-0.05, 0) is 42.0 Å². The van der Waals surface area contributed by atoms with Crippen LogP contribution in [0.2, 0.25) is 0 Å². The molecule has 5 nitrogen and oxygen atoms in total. The van der Waals surface area contributed by atoms with E-state index < -0.39 is 10.8 Å². The molecule has 24 heavy (non-hydrogen) atoms. The maximum atomic E-state index is 12.5. The molecule has 0 N–H and O–H groups in total. The highest BCUT2D eigenvalue weighted by atomic mass is 32.2. The predicted molar refractivity (Wildman–Crippen MR) is 94.1 cm³/mol. The Hall–Kier alpha value is -2.34. The predicted octanol–water partition coefficient (Wildman–Crippen LogP) is 2.71. The highest BCUT2D eigenvalue weighted by molar-refractivity contribution is 7.84. The zero-order valence-corrected chi connectivity index (χ0v) is 15.1. The van der Waals surface area contributed by atoms with Gasteiger partial charge in [0.25, 0.3) is 5.91 Å². The highest BCUT2D eigenvalue weighted by Crippen LogP contribution is 2.28. The first-order chi connectivity index (χ1) is 11.5. The molecule has 0 bridgehead atoms. The number of rotatable bonds is 6. The molecule has 0 aliphatic carbocycles. The van der Waals surface area contributed by atoms with Crippen LogP contribution in [-0.2, 0) is 17.3 Å². The minimum atomic E-state index is -1.05. The maximum Gasteiger partial charge on any atom is 0.253 e. The molecule has 0 spiro atoms. The number of hydrogen-bond donors (Lipinski definition) is 0. The second-order valence-corrected chi connectivity index (χ2v) is 6.71. The second kappa shape index (κ2) is 7.97. The maximum absolute atomic E-state index is 12.5. The van der Waals surface area contributed by atoms with Crippen molar-refractivity contribution in [2.75, 3.05) is 27.5 Å². The Morgan fingerprint density at radius 2 is 1.67 bits per heavy atom. The lowest BCUT2D eigenvalue weighted by atomic mass is 10.1. The molecule has 0 radical (unpaired) electrons. The van der Waals surface area contributed by atoms with E-state index >= 15 is 0 Å². The van der Waals surface area contributed by atoms with Crippen molar-refractivity contribution in [3.8, 4) is 11.5 Å². The van der Waals surface area contributed by atoms with E-state index in [0.29, 0.717) is 28.5 Å². The number of methoxy groups -OCH3 is 2. The first kappa shape index (κ1) is 18.0. The standard InChI is InChI=1S/C18H21NO4S/c1-19(12-13-5-10-16(22-2)17(11-13)23-3)18(20)14-6-8-15(9-7-14)24(4)21/h5-11H,12H2,1-4H3. The van der Waals surface area contributed by atoms with Crippen molar-refractivity contribution in [2.24, 2.45) is 0 Å². The number of carbonyl (C=O) groups excluding carboxylic acids is 1. The van der Waals surface area contributed by atoms with E-state index in [1.54, 1.807) is 56.7 Å². The van der Waals surface area contributed by atoms with Crippen LogP contribution in [0.5, 0.6) is 11.5 Å². The van der Waals surface area contributed by atoms with Crippen LogP contribution >= 0.6 is 0 Å². The summed E-state index contributed by atoms with van der Waals surface area (Å²) < 4.78 is 21.9. The van der Waals surface area contributed by atoms with Crippen molar-refractivity contribution in [2.45, 2.75) is 11.4 Å². The summed E-state index contributed by atoms with van der Waals surface area (Å²) in [4.78, 5) is 14.8. The summed E-state index contributed by atoms with van der Waals surface area (Å²) in [5, 5.41) is 0. The number of amides is 1. The molecule has 0 saturated heterocycles. The topological polar surface area (TPSA) is 55.8 Å². The molecule has 0 saturated carbocycles. The summed E-state index contributed by atoms with van der Waals surface area (Å²) in [5.74, 6) is 1.18. The van der Waals surface area contributed by atoms with Crippen molar-refractivity contribution in [3.05, 3.63) is 53.6 Å². The summed E-state index contributed by atoms with van der Waals surface area (Å²) in [7, 11) is 3.85. The van der Waals surface area contributed by atoms with Gasteiger partial charge in [-0.3, -0.25) is 9.00 Å². The lowest BCUT2D eigenvalue weighted by Crippen LogP contribution is -2.26. The number of benzene rings is 2. The van der Waals surface area contributed by atoms with E-state index in [-0.39, 0.29) is 5.91 Å². The van der Waals surface area contributed by atoms with Crippen LogP contribution in [0.15, 0.2) is 47.4 Å². The first-order valence-electron chi connectivity index (χ1n) is 7.36. The van der Waals surface area contributed by atoms with Crippen LogP contribution in [0.25, 0.3) is 0 Å². The summed E-state index contributed by atoms with van der Waals surface area (Å²) in [5.41, 5.74) is 1.50.